The van der Waals surface area contributed by atoms with Crippen LogP contribution in [-0.2, 0) is 17.5 Å². The van der Waals surface area contributed by atoms with Gasteiger partial charge < -0.3 is 5.32 Å². The number of likely N-dealkylation sites (N-methyl/N-ethyl adjacent to an activating group) is 1. The van der Waals surface area contributed by atoms with Gasteiger partial charge in [0.2, 0.25) is 5.91 Å². The third-order valence-electron chi connectivity index (χ3n) is 4.52. The van der Waals surface area contributed by atoms with Crippen molar-refractivity contribution in [2.24, 2.45) is 5.92 Å². The highest BCUT2D eigenvalue weighted by Gasteiger charge is 2.33. The van der Waals surface area contributed by atoms with E-state index in [0.717, 1.165) is 12.1 Å². The lowest BCUT2D eigenvalue weighted by atomic mass is 9.90. The van der Waals surface area contributed by atoms with Gasteiger partial charge in [-0.2, -0.15) is 18.4 Å². The summed E-state index contributed by atoms with van der Waals surface area (Å²) in [5, 5.41) is 12.0. The summed E-state index contributed by atoms with van der Waals surface area (Å²) in [5.74, 6) is -0.360. The Kier molecular flexibility index (Phi) is 6.61. The molecule has 0 aliphatic carbocycles. The van der Waals surface area contributed by atoms with Crippen LogP contribution in [0.4, 0.5) is 13.2 Å². The van der Waals surface area contributed by atoms with Crippen molar-refractivity contribution in [1.29, 1.82) is 5.26 Å². The Labute approximate surface area is 146 Å². The highest BCUT2D eigenvalue weighted by molar-refractivity contribution is 5.82. The number of hydrogen-bond donors (Lipinski definition) is 1. The number of benzene rings is 1. The zero-order valence-electron chi connectivity index (χ0n) is 15.1. The van der Waals surface area contributed by atoms with Crippen molar-refractivity contribution in [1.82, 2.24) is 10.2 Å². The second-order valence-corrected chi connectivity index (χ2v) is 6.74. The lowest BCUT2D eigenvalue weighted by Crippen LogP contribution is -2.54. The molecule has 1 aromatic rings. The number of rotatable bonds is 6. The predicted octanol–water partition coefficient (Wildman–Crippen LogP) is 3.58. The van der Waals surface area contributed by atoms with Crippen LogP contribution < -0.4 is 5.32 Å². The Hall–Kier alpha value is -2.07. The van der Waals surface area contributed by atoms with Crippen LogP contribution in [0, 0.1) is 17.2 Å². The molecule has 7 heteroatoms. The third-order valence-corrected chi connectivity index (χ3v) is 4.52. The van der Waals surface area contributed by atoms with Crippen molar-refractivity contribution in [3.8, 4) is 6.07 Å². The number of nitrogens with one attached hydrogen (secondary N) is 1. The molecule has 2 atom stereocenters. The van der Waals surface area contributed by atoms with E-state index in [1.165, 1.54) is 12.1 Å². The van der Waals surface area contributed by atoms with Gasteiger partial charge in [-0.05, 0) is 44.5 Å². The number of carbonyl (C=O) groups is 1. The molecule has 0 heterocycles. The predicted molar refractivity (Wildman–Crippen MR) is 89.4 cm³/mol. The maximum absolute atomic E-state index is 12.6. The van der Waals surface area contributed by atoms with E-state index in [4.69, 9.17) is 0 Å². The SMILES string of the molecule is CC(C)[C@](C)(C#N)NC(=O)[C@@H](C)N(C)Cc1ccc(C(F)(F)F)cc1. The molecule has 25 heavy (non-hydrogen) atoms. The van der Waals surface area contributed by atoms with Crippen LogP contribution in [0.3, 0.4) is 0 Å². The summed E-state index contributed by atoms with van der Waals surface area (Å²) in [6, 6.07) is 6.44. The molecule has 0 unspecified atom stereocenters. The second kappa shape index (κ2) is 7.87. The van der Waals surface area contributed by atoms with Crippen molar-refractivity contribution in [2.75, 3.05) is 7.05 Å². The van der Waals surface area contributed by atoms with Gasteiger partial charge in [0.05, 0.1) is 17.7 Å². The van der Waals surface area contributed by atoms with Gasteiger partial charge in [-0.25, -0.2) is 0 Å². The number of amides is 1. The van der Waals surface area contributed by atoms with E-state index >= 15 is 0 Å². The van der Waals surface area contributed by atoms with E-state index < -0.39 is 23.3 Å². The van der Waals surface area contributed by atoms with Crippen LogP contribution in [0.1, 0.15) is 38.8 Å². The summed E-state index contributed by atoms with van der Waals surface area (Å²) in [6.45, 7) is 7.37. The Bertz CT molecular complexity index is 634. The van der Waals surface area contributed by atoms with Gasteiger partial charge in [-0.3, -0.25) is 9.69 Å². The second-order valence-electron chi connectivity index (χ2n) is 6.74. The average Bonchev–Trinajstić information content (AvgIpc) is 2.53. The van der Waals surface area contributed by atoms with Crippen molar-refractivity contribution in [3.05, 3.63) is 35.4 Å². The zero-order valence-corrected chi connectivity index (χ0v) is 15.1. The minimum Gasteiger partial charge on any atom is -0.336 e. The van der Waals surface area contributed by atoms with E-state index in [9.17, 15) is 23.2 Å². The lowest BCUT2D eigenvalue weighted by Gasteiger charge is -2.31. The van der Waals surface area contributed by atoms with E-state index in [0.29, 0.717) is 12.1 Å². The molecular weight excluding hydrogens is 331 g/mol. The van der Waals surface area contributed by atoms with Gasteiger partial charge in [-0.15, -0.1) is 0 Å². The first-order valence-corrected chi connectivity index (χ1v) is 8.00. The Morgan fingerprint density at radius 2 is 1.76 bits per heavy atom. The van der Waals surface area contributed by atoms with Crippen LogP contribution in [-0.4, -0.2) is 29.4 Å². The van der Waals surface area contributed by atoms with Crippen LogP contribution >= 0.6 is 0 Å². The molecule has 138 valence electrons. The molecule has 0 aliphatic heterocycles. The summed E-state index contributed by atoms with van der Waals surface area (Å²) in [6.07, 6.45) is -4.36. The molecule has 0 radical (unpaired) electrons. The zero-order chi connectivity index (χ0) is 19.4. The van der Waals surface area contributed by atoms with Crippen LogP contribution in [0.15, 0.2) is 24.3 Å². The van der Waals surface area contributed by atoms with Crippen molar-refractivity contribution >= 4 is 5.91 Å². The van der Waals surface area contributed by atoms with Gasteiger partial charge in [0.25, 0.3) is 0 Å². The number of halogens is 3. The molecule has 4 nitrogen and oxygen atoms in total. The molecule has 0 bridgehead atoms. The van der Waals surface area contributed by atoms with E-state index in [2.05, 4.69) is 11.4 Å². The molecule has 0 aliphatic rings. The molecule has 1 amide bonds. The molecule has 0 saturated carbocycles. The molecule has 0 saturated heterocycles. The fourth-order valence-electron chi connectivity index (χ4n) is 2.09. The first-order valence-electron chi connectivity index (χ1n) is 8.00. The van der Waals surface area contributed by atoms with Crippen LogP contribution in [0.2, 0.25) is 0 Å². The number of carbonyl (C=O) groups excluding carboxylic acids is 1. The van der Waals surface area contributed by atoms with Crippen molar-refractivity contribution < 1.29 is 18.0 Å². The van der Waals surface area contributed by atoms with Gasteiger partial charge in [0, 0.05) is 6.54 Å². The summed E-state index contributed by atoms with van der Waals surface area (Å²) in [7, 11) is 1.71. The molecule has 1 N–H and O–H groups in total. The maximum atomic E-state index is 12.6. The number of nitriles is 1. The van der Waals surface area contributed by atoms with Crippen LogP contribution in [0.5, 0.6) is 0 Å². The minimum atomic E-state index is -4.36. The first kappa shape index (κ1) is 21.0. The van der Waals surface area contributed by atoms with Gasteiger partial charge >= 0.3 is 6.18 Å². The summed E-state index contributed by atoms with van der Waals surface area (Å²) in [4.78, 5) is 14.1. The molecule has 0 fully saturated rings. The highest BCUT2D eigenvalue weighted by Crippen LogP contribution is 2.29. The molecule has 1 rings (SSSR count). The summed E-state index contributed by atoms with van der Waals surface area (Å²) in [5.41, 5.74) is -1.01. The minimum absolute atomic E-state index is 0.0612. The van der Waals surface area contributed by atoms with Crippen LogP contribution in [0.25, 0.3) is 0 Å². The molecule has 0 aromatic heterocycles. The summed E-state index contributed by atoms with van der Waals surface area (Å²) < 4.78 is 37.7. The van der Waals surface area contributed by atoms with Crippen molar-refractivity contribution in [2.45, 2.75) is 52.0 Å². The number of hydrogen-bond acceptors (Lipinski definition) is 3. The topological polar surface area (TPSA) is 56.1 Å². The Morgan fingerprint density at radius 1 is 1.24 bits per heavy atom. The van der Waals surface area contributed by atoms with Crippen molar-refractivity contribution in [3.63, 3.8) is 0 Å². The average molecular weight is 355 g/mol. The third kappa shape index (κ3) is 5.46. The standard InChI is InChI=1S/C18H24F3N3O/c1-12(2)17(4,11-22)23-16(25)13(3)24(5)10-14-6-8-15(9-7-14)18(19,20)21/h6-9,12-13H,10H2,1-5H3,(H,23,25)/t13-,17+/m1/s1. The van der Waals surface area contributed by atoms with E-state index in [1.807, 2.05) is 13.8 Å². The van der Waals surface area contributed by atoms with E-state index in [-0.39, 0.29) is 11.8 Å². The van der Waals surface area contributed by atoms with E-state index in [1.54, 1.807) is 25.8 Å². The molecule has 1 aromatic carbocycles. The number of nitrogens with zero attached hydrogens (tertiary/aromatic N) is 2. The fourth-order valence-corrected chi connectivity index (χ4v) is 2.09. The quantitative estimate of drug-likeness (QED) is 0.849. The lowest BCUT2D eigenvalue weighted by molar-refractivity contribution is -0.137. The Morgan fingerprint density at radius 3 is 2.16 bits per heavy atom. The smallest absolute Gasteiger partial charge is 0.336 e. The summed E-state index contributed by atoms with van der Waals surface area (Å²) >= 11 is 0. The van der Waals surface area contributed by atoms with Gasteiger partial charge in [0.1, 0.15) is 5.54 Å². The Balaban J connectivity index is 2.75. The van der Waals surface area contributed by atoms with Gasteiger partial charge in [-0.1, -0.05) is 26.0 Å². The number of alkyl halides is 3. The maximum Gasteiger partial charge on any atom is 0.416 e. The fraction of sp³-hybridized carbons (Fsp3) is 0.556. The normalized spacial score (nSPS) is 15.6. The molecule has 0 spiro atoms. The van der Waals surface area contributed by atoms with Gasteiger partial charge in [0.15, 0.2) is 0 Å². The first-order chi connectivity index (χ1) is 11.4. The largest absolute Gasteiger partial charge is 0.416 e. The molecular formula is C18H24F3N3O. The highest BCUT2D eigenvalue weighted by atomic mass is 19.4. The monoisotopic (exact) mass is 355 g/mol.